The Hall–Kier alpha value is -4.30. The van der Waals surface area contributed by atoms with E-state index < -0.39 is 0 Å². The first-order valence-electron chi connectivity index (χ1n) is 10.1. The topological polar surface area (TPSA) is 113 Å². The van der Waals surface area contributed by atoms with Crippen molar-refractivity contribution in [1.29, 1.82) is 0 Å². The molecular formula is C24H19N5O3. The van der Waals surface area contributed by atoms with E-state index in [1.165, 1.54) is 0 Å². The molecule has 0 fully saturated rings. The van der Waals surface area contributed by atoms with Gasteiger partial charge < -0.3 is 10.4 Å². The number of aliphatic hydroxyl groups is 1. The van der Waals surface area contributed by atoms with E-state index in [1.807, 2.05) is 54.6 Å². The largest absolute Gasteiger partial charge is 0.394 e. The smallest absolute Gasteiger partial charge is 0.276 e. The summed E-state index contributed by atoms with van der Waals surface area (Å²) in [5, 5.41) is 25.3. The first-order valence-corrected chi connectivity index (χ1v) is 10.1. The quantitative estimate of drug-likeness (QED) is 0.400. The van der Waals surface area contributed by atoms with E-state index in [9.17, 15) is 14.7 Å². The minimum absolute atomic E-state index is 0.0678. The predicted octanol–water partition coefficient (Wildman–Crippen LogP) is 3.18. The number of carbonyl (C=O) groups is 1. The van der Waals surface area contributed by atoms with Crippen molar-refractivity contribution in [3.8, 4) is 11.3 Å². The van der Waals surface area contributed by atoms with Gasteiger partial charge in [-0.25, -0.2) is 5.10 Å². The van der Waals surface area contributed by atoms with Crippen LogP contribution in [-0.4, -0.2) is 37.6 Å². The van der Waals surface area contributed by atoms with E-state index in [0.717, 1.165) is 21.9 Å². The summed E-state index contributed by atoms with van der Waals surface area (Å²) in [4.78, 5) is 24.9. The molecule has 0 spiro atoms. The van der Waals surface area contributed by atoms with Crippen LogP contribution in [0.1, 0.15) is 10.5 Å². The molecule has 0 saturated carbocycles. The molecule has 5 rings (SSSR count). The molecule has 32 heavy (non-hydrogen) atoms. The van der Waals surface area contributed by atoms with Crippen molar-refractivity contribution >= 4 is 33.3 Å². The Bertz CT molecular complexity index is 1500. The number of hydrogen-bond acceptors (Lipinski definition) is 5. The minimum atomic E-state index is -0.335. The number of hydrogen-bond donors (Lipinski definition) is 3. The van der Waals surface area contributed by atoms with Crippen LogP contribution < -0.4 is 10.9 Å². The molecule has 2 aromatic heterocycles. The lowest BCUT2D eigenvalue weighted by Crippen LogP contribution is -2.14. The Morgan fingerprint density at radius 2 is 1.62 bits per heavy atom. The Labute approximate surface area is 182 Å². The Kier molecular flexibility index (Phi) is 4.97. The SMILES string of the molecule is O=C(Nc1ccc(-c2n[nH]c(=O)c3ccccc23)cc1)c1nn(CCO)c2ccccc12. The van der Waals surface area contributed by atoms with Gasteiger partial charge in [-0.05, 0) is 24.3 Å². The zero-order valence-electron chi connectivity index (χ0n) is 16.9. The lowest BCUT2D eigenvalue weighted by Gasteiger charge is -2.07. The average Bonchev–Trinajstić information content (AvgIpc) is 3.19. The first kappa shape index (κ1) is 19.7. The second kappa shape index (κ2) is 8.09. The van der Waals surface area contributed by atoms with E-state index in [1.54, 1.807) is 22.9 Å². The van der Waals surface area contributed by atoms with Crippen LogP contribution in [0.5, 0.6) is 0 Å². The molecule has 2 heterocycles. The van der Waals surface area contributed by atoms with E-state index >= 15 is 0 Å². The van der Waals surface area contributed by atoms with Gasteiger partial charge in [-0.3, -0.25) is 14.3 Å². The van der Waals surface area contributed by atoms with E-state index in [0.29, 0.717) is 29.0 Å². The fourth-order valence-corrected chi connectivity index (χ4v) is 3.80. The monoisotopic (exact) mass is 425 g/mol. The van der Waals surface area contributed by atoms with E-state index in [2.05, 4.69) is 20.6 Å². The number of anilines is 1. The number of carbonyl (C=O) groups excluding carboxylic acids is 1. The fourth-order valence-electron chi connectivity index (χ4n) is 3.80. The molecule has 5 aromatic rings. The number of aliphatic hydroxyl groups excluding tert-OH is 1. The fraction of sp³-hybridized carbons (Fsp3) is 0.0833. The number of H-pyrrole nitrogens is 1. The van der Waals surface area contributed by atoms with Crippen molar-refractivity contribution in [2.24, 2.45) is 0 Å². The van der Waals surface area contributed by atoms with Crippen molar-refractivity contribution < 1.29 is 9.90 Å². The maximum Gasteiger partial charge on any atom is 0.276 e. The summed E-state index contributed by atoms with van der Waals surface area (Å²) in [6, 6.07) is 21.9. The Balaban J connectivity index is 1.44. The number of rotatable bonds is 5. The van der Waals surface area contributed by atoms with Gasteiger partial charge in [0, 0.05) is 22.0 Å². The molecule has 158 valence electrons. The average molecular weight is 425 g/mol. The van der Waals surface area contributed by atoms with Gasteiger partial charge in [-0.1, -0.05) is 48.5 Å². The number of para-hydroxylation sites is 1. The molecule has 0 saturated heterocycles. The van der Waals surface area contributed by atoms with Gasteiger partial charge in [0.25, 0.3) is 11.5 Å². The number of aromatic nitrogens is 4. The summed E-state index contributed by atoms with van der Waals surface area (Å²) in [6.45, 7) is 0.240. The summed E-state index contributed by atoms with van der Waals surface area (Å²) in [6.07, 6.45) is 0. The maximum atomic E-state index is 12.9. The molecule has 0 aliphatic rings. The zero-order valence-corrected chi connectivity index (χ0v) is 16.9. The van der Waals surface area contributed by atoms with E-state index in [4.69, 9.17) is 0 Å². The number of fused-ring (bicyclic) bond motifs is 2. The summed E-state index contributed by atoms with van der Waals surface area (Å²) in [5.41, 5.74) is 2.93. The van der Waals surface area contributed by atoms with Gasteiger partial charge in [0.2, 0.25) is 0 Å². The van der Waals surface area contributed by atoms with Crippen LogP contribution in [-0.2, 0) is 6.54 Å². The lowest BCUT2D eigenvalue weighted by molar-refractivity contribution is 0.102. The second-order valence-corrected chi connectivity index (χ2v) is 7.29. The number of benzene rings is 3. The number of nitrogens with zero attached hydrogens (tertiary/aromatic N) is 3. The Morgan fingerprint density at radius 1 is 0.938 bits per heavy atom. The number of aromatic amines is 1. The third-order valence-electron chi connectivity index (χ3n) is 5.30. The molecule has 3 aromatic carbocycles. The summed E-state index contributed by atoms with van der Waals surface area (Å²) in [7, 11) is 0. The molecule has 0 aliphatic heterocycles. The standard InChI is InChI=1S/C24H19N5O3/c30-14-13-29-20-8-4-3-7-19(20)22(28-29)24(32)25-16-11-9-15(10-12-16)21-17-5-1-2-6-18(17)23(31)27-26-21/h1-12,30H,13-14H2,(H,25,32)(H,27,31). The first-order chi connectivity index (χ1) is 15.7. The van der Waals surface area contributed by atoms with Gasteiger partial charge in [-0.2, -0.15) is 10.2 Å². The van der Waals surface area contributed by atoms with Crippen molar-refractivity contribution in [1.82, 2.24) is 20.0 Å². The van der Waals surface area contributed by atoms with Gasteiger partial charge in [0.05, 0.1) is 29.7 Å². The second-order valence-electron chi connectivity index (χ2n) is 7.29. The molecule has 0 unspecified atom stereocenters. The van der Waals surface area contributed by atoms with Crippen LogP contribution in [0.4, 0.5) is 5.69 Å². The van der Waals surface area contributed by atoms with Crippen LogP contribution in [0.2, 0.25) is 0 Å². The van der Waals surface area contributed by atoms with Crippen molar-refractivity contribution in [2.45, 2.75) is 6.54 Å². The molecule has 1 amide bonds. The summed E-state index contributed by atoms with van der Waals surface area (Å²) in [5.74, 6) is -0.335. The lowest BCUT2D eigenvalue weighted by atomic mass is 10.0. The third kappa shape index (κ3) is 3.42. The summed E-state index contributed by atoms with van der Waals surface area (Å²) >= 11 is 0. The highest BCUT2D eigenvalue weighted by Gasteiger charge is 2.17. The van der Waals surface area contributed by atoms with Gasteiger partial charge >= 0.3 is 0 Å². The highest BCUT2D eigenvalue weighted by molar-refractivity contribution is 6.11. The molecule has 8 heteroatoms. The van der Waals surface area contributed by atoms with Crippen LogP contribution in [0.3, 0.4) is 0 Å². The zero-order chi connectivity index (χ0) is 22.1. The number of amides is 1. The molecule has 0 radical (unpaired) electrons. The van der Waals surface area contributed by atoms with Crippen LogP contribution >= 0.6 is 0 Å². The Morgan fingerprint density at radius 3 is 2.38 bits per heavy atom. The maximum absolute atomic E-state index is 12.9. The number of nitrogens with one attached hydrogen (secondary N) is 2. The molecule has 3 N–H and O–H groups in total. The highest BCUT2D eigenvalue weighted by Crippen LogP contribution is 2.26. The molecule has 0 atom stereocenters. The van der Waals surface area contributed by atoms with Gasteiger partial charge in [0.1, 0.15) is 0 Å². The van der Waals surface area contributed by atoms with Crippen molar-refractivity contribution in [3.05, 3.63) is 88.8 Å². The van der Waals surface area contributed by atoms with Crippen molar-refractivity contribution in [3.63, 3.8) is 0 Å². The molecular weight excluding hydrogens is 406 g/mol. The normalized spacial score (nSPS) is 11.2. The third-order valence-corrected chi connectivity index (χ3v) is 5.30. The van der Waals surface area contributed by atoms with Gasteiger partial charge in [-0.15, -0.1) is 0 Å². The van der Waals surface area contributed by atoms with Crippen LogP contribution in [0.15, 0.2) is 77.6 Å². The van der Waals surface area contributed by atoms with Crippen LogP contribution in [0.25, 0.3) is 32.9 Å². The van der Waals surface area contributed by atoms with Gasteiger partial charge in [0.15, 0.2) is 5.69 Å². The van der Waals surface area contributed by atoms with E-state index in [-0.39, 0.29) is 18.1 Å². The molecule has 0 aliphatic carbocycles. The van der Waals surface area contributed by atoms with Crippen molar-refractivity contribution in [2.75, 3.05) is 11.9 Å². The molecule has 8 nitrogen and oxygen atoms in total. The predicted molar refractivity (Wildman–Crippen MR) is 123 cm³/mol. The minimum Gasteiger partial charge on any atom is -0.394 e. The summed E-state index contributed by atoms with van der Waals surface area (Å²) < 4.78 is 1.63. The molecule has 0 bridgehead atoms. The highest BCUT2D eigenvalue weighted by atomic mass is 16.3. The van der Waals surface area contributed by atoms with Crippen LogP contribution in [0, 0.1) is 0 Å².